The van der Waals surface area contributed by atoms with Crippen LogP contribution in [-0.4, -0.2) is 12.1 Å². The van der Waals surface area contributed by atoms with E-state index in [9.17, 15) is 0 Å². The molecule has 0 spiro atoms. The van der Waals surface area contributed by atoms with E-state index in [1.54, 1.807) is 13.2 Å². The Morgan fingerprint density at radius 2 is 2.16 bits per heavy atom. The number of methoxy groups -OCH3 is 1. The molecule has 0 amide bonds. The lowest BCUT2D eigenvalue weighted by Crippen LogP contribution is -2.09. The molecule has 0 saturated carbocycles. The maximum absolute atomic E-state index is 6.24. The Morgan fingerprint density at radius 1 is 1.42 bits per heavy atom. The van der Waals surface area contributed by atoms with E-state index in [4.69, 9.17) is 22.2 Å². The maximum Gasteiger partial charge on any atom is 0.145 e. The molecule has 1 aromatic carbocycles. The summed E-state index contributed by atoms with van der Waals surface area (Å²) in [6, 6.07) is 5.54. The van der Waals surface area contributed by atoms with Crippen LogP contribution < -0.4 is 16.0 Å². The van der Waals surface area contributed by atoms with Crippen molar-refractivity contribution in [3.05, 3.63) is 28.9 Å². The highest BCUT2D eigenvalue weighted by molar-refractivity contribution is 6.36. The number of hydrazine groups is 1. The van der Waals surface area contributed by atoms with Gasteiger partial charge in [-0.1, -0.05) is 25.4 Å². The van der Waals surface area contributed by atoms with Crippen molar-refractivity contribution >= 4 is 28.2 Å². The Kier molecular flexibility index (Phi) is 4.12. The zero-order valence-corrected chi connectivity index (χ0v) is 12.1. The zero-order valence-electron chi connectivity index (χ0n) is 11.3. The minimum absolute atomic E-state index is 0.515. The number of hydrogen-bond acceptors (Lipinski definition) is 4. The average molecular weight is 280 g/mol. The predicted octanol–water partition coefficient (Wildman–Crippen LogP) is 3.38. The molecule has 1 heterocycles. The number of anilines is 1. The highest BCUT2D eigenvalue weighted by atomic mass is 35.5. The van der Waals surface area contributed by atoms with Crippen molar-refractivity contribution in [1.82, 2.24) is 4.98 Å². The lowest BCUT2D eigenvalue weighted by atomic mass is 10.1. The van der Waals surface area contributed by atoms with Gasteiger partial charge in [-0.2, -0.15) is 0 Å². The van der Waals surface area contributed by atoms with E-state index >= 15 is 0 Å². The number of hydrogen-bond donors (Lipinski definition) is 2. The van der Waals surface area contributed by atoms with Gasteiger partial charge in [0.05, 0.1) is 17.8 Å². The molecule has 0 bridgehead atoms. The molecule has 0 unspecified atom stereocenters. The second-order valence-corrected chi connectivity index (χ2v) is 5.28. The summed E-state index contributed by atoms with van der Waals surface area (Å²) in [7, 11) is 1.62. The Bertz CT molecular complexity index is 599. The van der Waals surface area contributed by atoms with Crippen molar-refractivity contribution in [2.75, 3.05) is 12.5 Å². The molecule has 0 atom stereocenters. The van der Waals surface area contributed by atoms with E-state index in [-0.39, 0.29) is 0 Å². The Morgan fingerprint density at radius 3 is 2.74 bits per heavy atom. The van der Waals surface area contributed by atoms with Crippen LogP contribution in [-0.2, 0) is 6.42 Å². The summed E-state index contributed by atoms with van der Waals surface area (Å²) in [5.74, 6) is 6.81. The summed E-state index contributed by atoms with van der Waals surface area (Å²) >= 11 is 6.24. The van der Waals surface area contributed by atoms with Gasteiger partial charge in [-0.05, 0) is 30.5 Å². The second-order valence-electron chi connectivity index (χ2n) is 4.88. The van der Waals surface area contributed by atoms with E-state index < -0.39 is 0 Å². The standard InChI is InChI=1S/C14H18ClN3O/c1-8(2)6-9-7-11(18-16)13-10(15)4-5-12(19-3)14(13)17-9/h4-5,7-8H,6,16H2,1-3H3,(H,17,18). The fourth-order valence-electron chi connectivity index (χ4n) is 2.13. The molecule has 3 N–H and O–H groups in total. The lowest BCUT2D eigenvalue weighted by Gasteiger charge is -2.13. The number of ether oxygens (including phenoxy) is 1. The molecule has 1 aromatic heterocycles. The van der Waals surface area contributed by atoms with Gasteiger partial charge >= 0.3 is 0 Å². The van der Waals surface area contributed by atoms with E-state index in [2.05, 4.69) is 24.3 Å². The first-order valence-corrected chi connectivity index (χ1v) is 6.57. The van der Waals surface area contributed by atoms with Crippen molar-refractivity contribution in [2.24, 2.45) is 11.8 Å². The average Bonchev–Trinajstić information content (AvgIpc) is 2.37. The number of nitrogens with zero attached hydrogens (tertiary/aromatic N) is 1. The monoisotopic (exact) mass is 279 g/mol. The number of aromatic nitrogens is 1. The number of nitrogens with two attached hydrogens (primary N) is 1. The molecule has 0 aliphatic carbocycles. The summed E-state index contributed by atoms with van der Waals surface area (Å²) in [5.41, 5.74) is 5.17. The number of benzene rings is 1. The number of nitrogen functional groups attached to an aromatic ring is 1. The van der Waals surface area contributed by atoms with E-state index in [1.165, 1.54) is 0 Å². The molecular weight excluding hydrogens is 262 g/mol. The molecule has 0 radical (unpaired) electrons. The topological polar surface area (TPSA) is 60.2 Å². The minimum atomic E-state index is 0.515. The normalized spacial score (nSPS) is 11.1. The van der Waals surface area contributed by atoms with E-state index in [0.29, 0.717) is 16.7 Å². The van der Waals surface area contributed by atoms with Gasteiger partial charge in [0.15, 0.2) is 0 Å². The summed E-state index contributed by atoms with van der Waals surface area (Å²) in [5, 5.41) is 1.39. The molecular formula is C14H18ClN3O. The number of halogens is 1. The fraction of sp³-hybridized carbons (Fsp3) is 0.357. The Hall–Kier alpha value is -1.52. The maximum atomic E-state index is 6.24. The van der Waals surface area contributed by atoms with Crippen LogP contribution in [0.4, 0.5) is 5.69 Å². The van der Waals surface area contributed by atoms with Crippen LogP contribution in [0, 0.1) is 5.92 Å². The van der Waals surface area contributed by atoms with Gasteiger partial charge in [-0.25, -0.2) is 4.98 Å². The largest absolute Gasteiger partial charge is 0.494 e. The van der Waals surface area contributed by atoms with Crippen LogP contribution in [0.5, 0.6) is 5.75 Å². The van der Waals surface area contributed by atoms with Gasteiger partial charge in [-0.3, -0.25) is 5.84 Å². The molecule has 2 rings (SSSR count). The van der Waals surface area contributed by atoms with Gasteiger partial charge in [0.1, 0.15) is 11.3 Å². The number of pyridine rings is 1. The number of rotatable bonds is 4. The van der Waals surface area contributed by atoms with E-state index in [0.717, 1.165) is 28.7 Å². The van der Waals surface area contributed by atoms with Gasteiger partial charge in [0.25, 0.3) is 0 Å². The lowest BCUT2D eigenvalue weighted by molar-refractivity contribution is 0.418. The van der Waals surface area contributed by atoms with E-state index in [1.807, 2.05) is 12.1 Å². The van der Waals surface area contributed by atoms with Crippen molar-refractivity contribution < 1.29 is 4.74 Å². The molecule has 5 heteroatoms. The Balaban J connectivity index is 2.72. The zero-order chi connectivity index (χ0) is 14.0. The van der Waals surface area contributed by atoms with Crippen LogP contribution in [0.15, 0.2) is 18.2 Å². The van der Waals surface area contributed by atoms with Gasteiger partial charge in [-0.15, -0.1) is 0 Å². The van der Waals surface area contributed by atoms with Gasteiger partial charge in [0, 0.05) is 11.1 Å². The Labute approximate surface area is 117 Å². The van der Waals surface area contributed by atoms with Crippen molar-refractivity contribution in [1.29, 1.82) is 0 Å². The predicted molar refractivity (Wildman–Crippen MR) is 79.7 cm³/mol. The van der Waals surface area contributed by atoms with Crippen LogP contribution >= 0.6 is 11.6 Å². The second kappa shape index (κ2) is 5.63. The molecule has 4 nitrogen and oxygen atoms in total. The number of nitrogens with one attached hydrogen (secondary N) is 1. The molecule has 19 heavy (non-hydrogen) atoms. The van der Waals surface area contributed by atoms with Crippen molar-refractivity contribution in [3.63, 3.8) is 0 Å². The quantitative estimate of drug-likeness (QED) is 0.665. The molecule has 0 aliphatic heterocycles. The van der Waals surface area contributed by atoms with Crippen LogP contribution in [0.1, 0.15) is 19.5 Å². The summed E-state index contributed by atoms with van der Waals surface area (Å²) in [6.45, 7) is 4.30. The third-order valence-electron chi connectivity index (χ3n) is 2.92. The van der Waals surface area contributed by atoms with Crippen LogP contribution in [0.25, 0.3) is 10.9 Å². The van der Waals surface area contributed by atoms with Crippen LogP contribution in [0.2, 0.25) is 5.02 Å². The summed E-state index contributed by atoms with van der Waals surface area (Å²) in [4.78, 5) is 4.65. The highest BCUT2D eigenvalue weighted by Crippen LogP contribution is 2.35. The molecule has 0 aliphatic rings. The van der Waals surface area contributed by atoms with Gasteiger partial charge < -0.3 is 10.2 Å². The first-order chi connectivity index (χ1) is 9.06. The van der Waals surface area contributed by atoms with Crippen molar-refractivity contribution in [3.8, 4) is 5.75 Å². The SMILES string of the molecule is COc1ccc(Cl)c2c(NN)cc(CC(C)C)nc12. The first kappa shape index (κ1) is 13.9. The smallest absolute Gasteiger partial charge is 0.145 e. The molecule has 102 valence electrons. The fourth-order valence-corrected chi connectivity index (χ4v) is 2.38. The third kappa shape index (κ3) is 2.74. The first-order valence-electron chi connectivity index (χ1n) is 6.19. The van der Waals surface area contributed by atoms with Crippen molar-refractivity contribution in [2.45, 2.75) is 20.3 Å². The highest BCUT2D eigenvalue weighted by Gasteiger charge is 2.13. The minimum Gasteiger partial charge on any atom is -0.494 e. The summed E-state index contributed by atoms with van der Waals surface area (Å²) < 4.78 is 5.35. The summed E-state index contributed by atoms with van der Waals surface area (Å²) in [6.07, 6.45) is 0.875. The van der Waals surface area contributed by atoms with Gasteiger partial charge in [0.2, 0.25) is 0 Å². The van der Waals surface area contributed by atoms with Crippen LogP contribution in [0.3, 0.4) is 0 Å². The molecule has 2 aromatic rings. The third-order valence-corrected chi connectivity index (χ3v) is 3.23. The molecule has 0 saturated heterocycles. The number of fused-ring (bicyclic) bond motifs is 1. The molecule has 0 fully saturated rings.